The van der Waals surface area contributed by atoms with E-state index < -0.39 is 0 Å². The molecule has 0 amide bonds. The first kappa shape index (κ1) is 11.2. The molecule has 0 bridgehead atoms. The maximum Gasteiger partial charge on any atom is 0.148 e. The second-order valence-electron chi connectivity index (χ2n) is 4.16. The predicted octanol–water partition coefficient (Wildman–Crippen LogP) is 2.77. The van der Waals surface area contributed by atoms with E-state index in [9.17, 15) is 0 Å². The number of nitrogens with one attached hydrogen (secondary N) is 2. The largest absolute Gasteiger partial charge is 0.366 e. The Bertz CT molecular complexity index is 531. The quantitative estimate of drug-likeness (QED) is 0.845. The smallest absolute Gasteiger partial charge is 0.148 e. The molecule has 0 spiro atoms. The first-order valence-corrected chi connectivity index (χ1v) is 5.51. The van der Waals surface area contributed by atoms with Crippen LogP contribution in [0.5, 0.6) is 0 Å². The van der Waals surface area contributed by atoms with Gasteiger partial charge in [0.25, 0.3) is 0 Å². The van der Waals surface area contributed by atoms with Gasteiger partial charge in [0.15, 0.2) is 0 Å². The van der Waals surface area contributed by atoms with Crippen molar-refractivity contribution in [3.63, 3.8) is 0 Å². The maximum atomic E-state index is 8.72. The van der Waals surface area contributed by atoms with Crippen molar-refractivity contribution in [1.29, 1.82) is 5.26 Å². The van der Waals surface area contributed by atoms with Crippen molar-refractivity contribution >= 4 is 5.82 Å². The van der Waals surface area contributed by atoms with Crippen LogP contribution in [0.3, 0.4) is 0 Å². The van der Waals surface area contributed by atoms with Crippen LogP contribution in [0, 0.1) is 11.3 Å². The Kier molecular flexibility index (Phi) is 3.10. The molecule has 0 atom stereocenters. The summed E-state index contributed by atoms with van der Waals surface area (Å²) in [6, 6.07) is 11.8. The molecule has 86 valence electrons. The summed E-state index contributed by atoms with van der Waals surface area (Å²) in [6.45, 7) is 4.13. The first-order valence-electron chi connectivity index (χ1n) is 5.51. The summed E-state index contributed by atoms with van der Waals surface area (Å²) in [5.74, 6) is 0.833. The highest BCUT2D eigenvalue weighted by Crippen LogP contribution is 2.20. The zero-order valence-corrected chi connectivity index (χ0v) is 9.86. The number of aromatic amines is 1. The topological polar surface area (TPSA) is 64.5 Å². The van der Waals surface area contributed by atoms with Crippen LogP contribution >= 0.6 is 0 Å². The highest BCUT2D eigenvalue weighted by Gasteiger charge is 2.04. The van der Waals surface area contributed by atoms with Gasteiger partial charge in [-0.3, -0.25) is 5.10 Å². The summed E-state index contributed by atoms with van der Waals surface area (Å²) in [6.07, 6.45) is 0. The molecule has 1 aromatic heterocycles. The lowest BCUT2D eigenvalue weighted by molar-refractivity contribution is 0.884. The van der Waals surface area contributed by atoms with Gasteiger partial charge in [-0.2, -0.15) is 10.4 Å². The van der Waals surface area contributed by atoms with Crippen molar-refractivity contribution in [2.45, 2.75) is 19.9 Å². The van der Waals surface area contributed by atoms with Crippen molar-refractivity contribution in [1.82, 2.24) is 10.2 Å². The third-order valence-corrected chi connectivity index (χ3v) is 2.34. The van der Waals surface area contributed by atoms with Crippen LogP contribution in [0.2, 0.25) is 0 Å². The summed E-state index contributed by atoms with van der Waals surface area (Å²) < 4.78 is 0. The Labute approximate surface area is 100 Å². The summed E-state index contributed by atoms with van der Waals surface area (Å²) in [5.41, 5.74) is 2.62. The van der Waals surface area contributed by atoms with E-state index in [1.165, 1.54) is 0 Å². The molecule has 0 aliphatic heterocycles. The molecule has 0 aliphatic rings. The zero-order chi connectivity index (χ0) is 12.3. The summed E-state index contributed by atoms with van der Waals surface area (Å²) in [7, 11) is 0. The lowest BCUT2D eigenvalue weighted by Gasteiger charge is -2.04. The minimum Gasteiger partial charge on any atom is -0.366 e. The van der Waals surface area contributed by atoms with Gasteiger partial charge < -0.3 is 5.32 Å². The Morgan fingerprint density at radius 3 is 2.59 bits per heavy atom. The van der Waals surface area contributed by atoms with Crippen molar-refractivity contribution < 1.29 is 0 Å². The van der Waals surface area contributed by atoms with E-state index in [0.29, 0.717) is 11.6 Å². The van der Waals surface area contributed by atoms with Crippen molar-refractivity contribution in [2.75, 3.05) is 5.32 Å². The molecule has 17 heavy (non-hydrogen) atoms. The highest BCUT2D eigenvalue weighted by molar-refractivity contribution is 5.63. The van der Waals surface area contributed by atoms with E-state index in [-0.39, 0.29) is 0 Å². The van der Waals surface area contributed by atoms with Gasteiger partial charge in [-0.25, -0.2) is 0 Å². The molecule has 2 N–H and O–H groups in total. The molecule has 0 saturated heterocycles. The second-order valence-corrected chi connectivity index (χ2v) is 4.16. The fraction of sp³-hybridized carbons (Fsp3) is 0.231. The maximum absolute atomic E-state index is 8.72. The average Bonchev–Trinajstić information content (AvgIpc) is 2.77. The van der Waals surface area contributed by atoms with Gasteiger partial charge in [-0.1, -0.05) is 12.1 Å². The van der Waals surface area contributed by atoms with Crippen LogP contribution < -0.4 is 5.32 Å². The number of nitrogens with zero attached hydrogens (tertiary/aromatic N) is 2. The van der Waals surface area contributed by atoms with Crippen LogP contribution in [0.1, 0.15) is 19.4 Å². The van der Waals surface area contributed by atoms with Gasteiger partial charge in [-0.15, -0.1) is 0 Å². The number of aromatic nitrogens is 2. The Morgan fingerprint density at radius 2 is 2.00 bits per heavy atom. The van der Waals surface area contributed by atoms with Crippen molar-refractivity contribution in [3.05, 3.63) is 35.9 Å². The van der Waals surface area contributed by atoms with Gasteiger partial charge in [-0.05, 0) is 31.5 Å². The lowest BCUT2D eigenvalue weighted by atomic mass is 10.1. The van der Waals surface area contributed by atoms with E-state index in [0.717, 1.165) is 17.1 Å². The third-order valence-electron chi connectivity index (χ3n) is 2.34. The third kappa shape index (κ3) is 2.64. The number of benzene rings is 1. The minimum absolute atomic E-state index is 0.354. The molecule has 2 aromatic rings. The fourth-order valence-corrected chi connectivity index (χ4v) is 1.56. The number of H-pyrrole nitrogens is 1. The van der Waals surface area contributed by atoms with Gasteiger partial charge in [0.05, 0.1) is 17.3 Å². The van der Waals surface area contributed by atoms with E-state index in [2.05, 4.69) is 35.4 Å². The summed E-state index contributed by atoms with van der Waals surface area (Å²) in [5, 5.41) is 19.1. The van der Waals surface area contributed by atoms with Gasteiger partial charge >= 0.3 is 0 Å². The average molecular weight is 226 g/mol. The monoisotopic (exact) mass is 226 g/mol. The summed E-state index contributed by atoms with van der Waals surface area (Å²) >= 11 is 0. The Morgan fingerprint density at radius 1 is 1.29 bits per heavy atom. The Balaban J connectivity index is 2.22. The highest BCUT2D eigenvalue weighted by atomic mass is 15.2. The molecule has 4 heteroatoms. The molecule has 2 rings (SSSR count). The van der Waals surface area contributed by atoms with Crippen LogP contribution in [-0.4, -0.2) is 16.2 Å². The number of hydrogen-bond acceptors (Lipinski definition) is 3. The van der Waals surface area contributed by atoms with Gasteiger partial charge in [0.2, 0.25) is 0 Å². The standard InChI is InChI=1S/C13H14N4/c1-9(2)15-13-7-12(16-17-13)11-5-3-10(8-14)4-6-11/h3-7,9H,1-2H3,(H2,15,16,17). The molecule has 1 aromatic carbocycles. The molecule has 0 aliphatic carbocycles. The van der Waals surface area contributed by atoms with Crippen LogP contribution in [0.15, 0.2) is 30.3 Å². The molecule has 0 saturated carbocycles. The SMILES string of the molecule is CC(C)Nc1cc(-c2ccc(C#N)cc2)[nH]n1. The van der Waals surface area contributed by atoms with Crippen molar-refractivity contribution in [3.8, 4) is 17.3 Å². The van der Waals surface area contributed by atoms with E-state index in [1.807, 2.05) is 18.2 Å². The van der Waals surface area contributed by atoms with E-state index in [1.54, 1.807) is 12.1 Å². The zero-order valence-electron chi connectivity index (χ0n) is 9.86. The summed E-state index contributed by atoms with van der Waals surface area (Å²) in [4.78, 5) is 0. The van der Waals surface area contributed by atoms with E-state index >= 15 is 0 Å². The number of rotatable bonds is 3. The normalized spacial score (nSPS) is 10.2. The molecule has 1 heterocycles. The number of nitriles is 1. The van der Waals surface area contributed by atoms with Gasteiger partial charge in [0, 0.05) is 12.1 Å². The van der Waals surface area contributed by atoms with Crippen LogP contribution in [0.25, 0.3) is 11.3 Å². The van der Waals surface area contributed by atoms with Crippen LogP contribution in [0.4, 0.5) is 5.82 Å². The lowest BCUT2D eigenvalue weighted by Crippen LogP contribution is -2.09. The molecule has 0 radical (unpaired) electrons. The minimum atomic E-state index is 0.354. The van der Waals surface area contributed by atoms with Gasteiger partial charge in [0.1, 0.15) is 5.82 Å². The van der Waals surface area contributed by atoms with Crippen LogP contribution in [-0.2, 0) is 0 Å². The Hall–Kier alpha value is -2.28. The van der Waals surface area contributed by atoms with E-state index in [4.69, 9.17) is 5.26 Å². The molecule has 0 unspecified atom stereocenters. The van der Waals surface area contributed by atoms with Crippen molar-refractivity contribution in [2.24, 2.45) is 0 Å². The fourth-order valence-electron chi connectivity index (χ4n) is 1.56. The molecular formula is C13H14N4. The number of anilines is 1. The predicted molar refractivity (Wildman–Crippen MR) is 67.5 cm³/mol. The first-order chi connectivity index (χ1) is 8.19. The molecule has 0 fully saturated rings. The molecular weight excluding hydrogens is 212 g/mol. The number of hydrogen-bond donors (Lipinski definition) is 2. The molecule has 4 nitrogen and oxygen atoms in total. The second kappa shape index (κ2) is 4.71.